The average Bonchev–Trinajstić information content (AvgIpc) is 2.37. The van der Waals surface area contributed by atoms with E-state index >= 15 is 0 Å². The summed E-state index contributed by atoms with van der Waals surface area (Å²) in [5, 5.41) is 11.9. The molecule has 0 aliphatic carbocycles. The molecule has 1 aromatic carbocycles. The summed E-state index contributed by atoms with van der Waals surface area (Å²) in [6.45, 7) is 1.84. The van der Waals surface area contributed by atoms with Crippen molar-refractivity contribution in [2.75, 3.05) is 11.1 Å². The first kappa shape index (κ1) is 12.3. The second kappa shape index (κ2) is 5.02. The zero-order valence-corrected chi connectivity index (χ0v) is 11.2. The van der Waals surface area contributed by atoms with E-state index < -0.39 is 0 Å². The maximum absolute atomic E-state index is 8.79. The maximum Gasteiger partial charge on any atom is 0.138 e. The summed E-state index contributed by atoms with van der Waals surface area (Å²) in [5.74, 6) is 1.09. The molecule has 0 aliphatic rings. The quantitative estimate of drug-likeness (QED) is 0.890. The fourth-order valence-electron chi connectivity index (χ4n) is 1.40. The minimum atomic E-state index is 0.442. The van der Waals surface area contributed by atoms with Crippen molar-refractivity contribution in [2.24, 2.45) is 0 Å². The molecule has 1 heterocycles. The number of halogens is 1. The van der Waals surface area contributed by atoms with Gasteiger partial charge in [0, 0.05) is 10.0 Å². The Morgan fingerprint density at radius 2 is 2.17 bits per heavy atom. The highest BCUT2D eigenvalue weighted by molar-refractivity contribution is 9.10. The average molecular weight is 304 g/mol. The molecule has 1 aromatic heterocycles. The summed E-state index contributed by atoms with van der Waals surface area (Å²) in [5.41, 5.74) is 7.90. The first-order chi connectivity index (χ1) is 8.61. The van der Waals surface area contributed by atoms with Gasteiger partial charge in [0.25, 0.3) is 0 Å². The summed E-state index contributed by atoms with van der Waals surface area (Å²) >= 11 is 3.40. The Hall–Kier alpha value is -2.13. The molecule has 0 spiro atoms. The summed E-state index contributed by atoms with van der Waals surface area (Å²) in [6, 6.07) is 7.35. The van der Waals surface area contributed by atoms with Crippen LogP contribution < -0.4 is 11.1 Å². The molecule has 3 N–H and O–H groups in total. The van der Waals surface area contributed by atoms with Crippen LogP contribution in [0, 0.1) is 18.3 Å². The molecule has 2 rings (SSSR count). The van der Waals surface area contributed by atoms with Crippen molar-refractivity contribution in [3.8, 4) is 6.07 Å². The van der Waals surface area contributed by atoms with E-state index in [9.17, 15) is 0 Å². The Bertz CT molecular complexity index is 633. The third-order valence-electron chi connectivity index (χ3n) is 2.47. The van der Waals surface area contributed by atoms with Crippen molar-refractivity contribution < 1.29 is 0 Å². The molecular formula is C12H10BrN5. The normalized spacial score (nSPS) is 9.83. The van der Waals surface area contributed by atoms with E-state index in [0.29, 0.717) is 17.2 Å². The standard InChI is InChI=1S/C12H10BrN5/c1-7-11(15)16-6-17-12(7)18-10-3-2-8(5-14)4-9(10)13/h2-4,6H,1H3,(H3,15,16,17,18). The zero-order valence-electron chi connectivity index (χ0n) is 9.61. The number of nitrogens with zero attached hydrogens (tertiary/aromatic N) is 3. The van der Waals surface area contributed by atoms with Gasteiger partial charge in [0.15, 0.2) is 0 Å². The van der Waals surface area contributed by atoms with E-state index in [1.54, 1.807) is 18.2 Å². The van der Waals surface area contributed by atoms with Gasteiger partial charge in [-0.25, -0.2) is 9.97 Å². The van der Waals surface area contributed by atoms with Crippen LogP contribution in [0.3, 0.4) is 0 Å². The SMILES string of the molecule is Cc1c(N)ncnc1Nc1ccc(C#N)cc1Br. The molecule has 6 heteroatoms. The molecular weight excluding hydrogens is 294 g/mol. The number of hydrogen-bond donors (Lipinski definition) is 2. The number of nitrogens with one attached hydrogen (secondary N) is 1. The molecule has 0 amide bonds. The summed E-state index contributed by atoms with van der Waals surface area (Å²) in [7, 11) is 0. The van der Waals surface area contributed by atoms with E-state index in [1.807, 2.05) is 6.92 Å². The lowest BCUT2D eigenvalue weighted by Crippen LogP contribution is -2.02. The molecule has 0 bridgehead atoms. The molecule has 0 atom stereocenters. The first-order valence-electron chi connectivity index (χ1n) is 5.15. The van der Waals surface area contributed by atoms with E-state index in [0.717, 1.165) is 15.7 Å². The van der Waals surface area contributed by atoms with E-state index in [-0.39, 0.29) is 0 Å². The van der Waals surface area contributed by atoms with Gasteiger partial charge in [-0.1, -0.05) is 0 Å². The number of nitrogen functional groups attached to an aromatic ring is 1. The van der Waals surface area contributed by atoms with Gasteiger partial charge < -0.3 is 11.1 Å². The van der Waals surface area contributed by atoms with Crippen LogP contribution in [-0.2, 0) is 0 Å². The second-order valence-corrected chi connectivity index (χ2v) is 4.52. The lowest BCUT2D eigenvalue weighted by molar-refractivity contribution is 1.14. The Morgan fingerprint density at radius 1 is 1.39 bits per heavy atom. The van der Waals surface area contributed by atoms with Gasteiger partial charge in [-0.05, 0) is 41.1 Å². The monoisotopic (exact) mass is 303 g/mol. The second-order valence-electron chi connectivity index (χ2n) is 3.66. The lowest BCUT2D eigenvalue weighted by atomic mass is 10.2. The van der Waals surface area contributed by atoms with Crippen LogP contribution in [0.2, 0.25) is 0 Å². The molecule has 18 heavy (non-hydrogen) atoms. The number of rotatable bonds is 2. The Balaban J connectivity index is 2.35. The lowest BCUT2D eigenvalue weighted by Gasteiger charge is -2.10. The van der Waals surface area contributed by atoms with Crippen LogP contribution in [0.4, 0.5) is 17.3 Å². The topological polar surface area (TPSA) is 87.6 Å². The number of benzene rings is 1. The maximum atomic E-state index is 8.79. The van der Waals surface area contributed by atoms with Crippen molar-refractivity contribution in [1.82, 2.24) is 9.97 Å². The van der Waals surface area contributed by atoms with E-state index in [2.05, 4.69) is 37.3 Å². The summed E-state index contributed by atoms with van der Waals surface area (Å²) in [6.07, 6.45) is 1.40. The minimum Gasteiger partial charge on any atom is -0.383 e. The van der Waals surface area contributed by atoms with Crippen LogP contribution in [-0.4, -0.2) is 9.97 Å². The van der Waals surface area contributed by atoms with Gasteiger partial charge in [0.05, 0.1) is 17.3 Å². The predicted octanol–water partition coefficient (Wildman–Crippen LogP) is 2.75. The highest BCUT2D eigenvalue weighted by Crippen LogP contribution is 2.27. The number of nitrogens with two attached hydrogens (primary N) is 1. The molecule has 2 aromatic rings. The Kier molecular flexibility index (Phi) is 3.44. The van der Waals surface area contributed by atoms with Gasteiger partial charge >= 0.3 is 0 Å². The van der Waals surface area contributed by atoms with Crippen molar-refractivity contribution in [2.45, 2.75) is 6.92 Å². The van der Waals surface area contributed by atoms with Crippen LogP contribution in [0.5, 0.6) is 0 Å². The highest BCUT2D eigenvalue weighted by Gasteiger charge is 2.07. The fraction of sp³-hybridized carbons (Fsp3) is 0.0833. The smallest absolute Gasteiger partial charge is 0.138 e. The molecule has 0 fully saturated rings. The van der Waals surface area contributed by atoms with Gasteiger partial charge in [0.2, 0.25) is 0 Å². The zero-order chi connectivity index (χ0) is 13.1. The van der Waals surface area contributed by atoms with Crippen LogP contribution in [0.15, 0.2) is 29.0 Å². The van der Waals surface area contributed by atoms with E-state index in [1.165, 1.54) is 6.33 Å². The molecule has 0 unspecified atom stereocenters. The number of nitriles is 1. The van der Waals surface area contributed by atoms with Gasteiger partial charge in [-0.15, -0.1) is 0 Å². The van der Waals surface area contributed by atoms with Gasteiger partial charge in [-0.3, -0.25) is 0 Å². The van der Waals surface area contributed by atoms with Crippen LogP contribution >= 0.6 is 15.9 Å². The van der Waals surface area contributed by atoms with Crippen molar-refractivity contribution in [3.63, 3.8) is 0 Å². The molecule has 0 saturated carbocycles. The predicted molar refractivity (Wildman–Crippen MR) is 73.3 cm³/mol. The summed E-state index contributed by atoms with van der Waals surface area (Å²) < 4.78 is 0.790. The summed E-state index contributed by atoms with van der Waals surface area (Å²) in [4.78, 5) is 8.03. The first-order valence-corrected chi connectivity index (χ1v) is 5.95. The Morgan fingerprint density at radius 3 is 2.83 bits per heavy atom. The largest absolute Gasteiger partial charge is 0.383 e. The van der Waals surface area contributed by atoms with Gasteiger partial charge in [0.1, 0.15) is 18.0 Å². The van der Waals surface area contributed by atoms with Crippen LogP contribution in [0.1, 0.15) is 11.1 Å². The van der Waals surface area contributed by atoms with Gasteiger partial charge in [-0.2, -0.15) is 5.26 Å². The number of aromatic nitrogens is 2. The van der Waals surface area contributed by atoms with Crippen molar-refractivity contribution in [1.29, 1.82) is 5.26 Å². The minimum absolute atomic E-state index is 0.442. The molecule has 0 radical (unpaired) electrons. The van der Waals surface area contributed by atoms with Crippen molar-refractivity contribution in [3.05, 3.63) is 40.1 Å². The molecule has 0 aliphatic heterocycles. The van der Waals surface area contributed by atoms with Crippen LogP contribution in [0.25, 0.3) is 0 Å². The third kappa shape index (κ3) is 2.41. The Labute approximate surface area is 113 Å². The molecule has 90 valence electrons. The fourth-order valence-corrected chi connectivity index (χ4v) is 1.88. The third-order valence-corrected chi connectivity index (χ3v) is 3.13. The van der Waals surface area contributed by atoms with E-state index in [4.69, 9.17) is 11.0 Å². The highest BCUT2D eigenvalue weighted by atomic mass is 79.9. The number of anilines is 3. The molecule has 0 saturated heterocycles. The number of hydrogen-bond acceptors (Lipinski definition) is 5. The van der Waals surface area contributed by atoms with Crippen molar-refractivity contribution >= 4 is 33.3 Å². The molecule has 5 nitrogen and oxygen atoms in total.